The Morgan fingerprint density at radius 2 is 0.812 bits per heavy atom. The maximum atomic E-state index is 2.50. The first-order chi connectivity index (χ1) is 34.2. The Morgan fingerprint density at radius 1 is 0.290 bits per heavy atom. The Balaban J connectivity index is 1.06. The molecule has 1 aliphatic rings. The average molecular weight is 896 g/mol. The van der Waals surface area contributed by atoms with E-state index in [1.807, 2.05) is 11.3 Å². The summed E-state index contributed by atoms with van der Waals surface area (Å²) in [5, 5.41) is 2.62. The quantitative estimate of drug-likeness (QED) is 0.140. The van der Waals surface area contributed by atoms with Crippen molar-refractivity contribution in [3.63, 3.8) is 0 Å². The number of benzene rings is 11. The maximum Gasteiger partial charge on any atom is 0.0713 e. The normalized spacial score (nSPS) is 12.5. The van der Waals surface area contributed by atoms with Crippen molar-refractivity contribution >= 4 is 48.6 Å². The van der Waals surface area contributed by atoms with E-state index in [0.29, 0.717) is 0 Å². The van der Waals surface area contributed by atoms with Gasteiger partial charge >= 0.3 is 0 Å². The van der Waals surface area contributed by atoms with Crippen molar-refractivity contribution in [2.24, 2.45) is 0 Å². The third-order valence-electron chi connectivity index (χ3n) is 14.2. The van der Waals surface area contributed by atoms with E-state index in [-0.39, 0.29) is 0 Å². The lowest BCUT2D eigenvalue weighted by atomic mass is 9.68. The molecule has 0 aliphatic heterocycles. The van der Waals surface area contributed by atoms with Gasteiger partial charge in [-0.15, -0.1) is 11.3 Å². The predicted molar refractivity (Wildman–Crippen MR) is 293 cm³/mol. The summed E-state index contributed by atoms with van der Waals surface area (Å²) >= 11 is 1.86. The van der Waals surface area contributed by atoms with Crippen LogP contribution in [0, 0.1) is 0 Å². The van der Waals surface area contributed by atoms with Gasteiger partial charge in [0.05, 0.1) is 11.1 Å². The average Bonchev–Trinajstić information content (AvgIpc) is 3.95. The van der Waals surface area contributed by atoms with Gasteiger partial charge in [-0.05, 0) is 121 Å². The van der Waals surface area contributed by atoms with Crippen LogP contribution < -0.4 is 4.90 Å². The van der Waals surface area contributed by atoms with Gasteiger partial charge in [0.1, 0.15) is 0 Å². The van der Waals surface area contributed by atoms with Crippen molar-refractivity contribution in [2.75, 3.05) is 4.90 Å². The fourth-order valence-electron chi connectivity index (χ4n) is 11.2. The zero-order valence-electron chi connectivity index (χ0n) is 37.8. The van der Waals surface area contributed by atoms with Gasteiger partial charge in [0.2, 0.25) is 0 Å². The molecule has 69 heavy (non-hydrogen) atoms. The molecular weight excluding hydrogens is 851 g/mol. The molecule has 13 rings (SSSR count). The maximum absolute atomic E-state index is 2.50. The molecule has 1 heterocycles. The molecule has 0 spiro atoms. The van der Waals surface area contributed by atoms with Crippen LogP contribution in [0.1, 0.15) is 22.3 Å². The lowest BCUT2D eigenvalue weighted by Gasteiger charge is -2.34. The number of rotatable bonds is 9. The van der Waals surface area contributed by atoms with Crippen molar-refractivity contribution in [2.45, 2.75) is 5.41 Å². The minimum absolute atomic E-state index is 0.499. The summed E-state index contributed by atoms with van der Waals surface area (Å²) < 4.78 is 2.63. The van der Waals surface area contributed by atoms with Crippen LogP contribution in [-0.2, 0) is 5.41 Å². The molecule has 1 aromatic heterocycles. The van der Waals surface area contributed by atoms with E-state index < -0.39 is 5.41 Å². The first-order valence-corrected chi connectivity index (χ1v) is 24.6. The van der Waals surface area contributed by atoms with Crippen molar-refractivity contribution in [3.8, 4) is 55.6 Å². The Hall–Kier alpha value is -8.56. The van der Waals surface area contributed by atoms with Gasteiger partial charge in [-0.1, -0.05) is 224 Å². The van der Waals surface area contributed by atoms with E-state index >= 15 is 0 Å². The number of hydrogen-bond acceptors (Lipinski definition) is 2. The van der Waals surface area contributed by atoms with Crippen molar-refractivity contribution in [3.05, 3.63) is 295 Å². The topological polar surface area (TPSA) is 3.24 Å². The van der Waals surface area contributed by atoms with E-state index in [9.17, 15) is 0 Å². The Kier molecular flexibility index (Phi) is 10.00. The van der Waals surface area contributed by atoms with Crippen LogP contribution in [0.5, 0.6) is 0 Å². The van der Waals surface area contributed by atoms with Gasteiger partial charge < -0.3 is 4.90 Å². The molecule has 1 aliphatic carbocycles. The second kappa shape index (κ2) is 16.9. The molecule has 0 unspecified atom stereocenters. The molecule has 0 fully saturated rings. The first kappa shape index (κ1) is 40.7. The fourth-order valence-corrected chi connectivity index (χ4v) is 12.2. The molecule has 12 aromatic rings. The van der Waals surface area contributed by atoms with Crippen molar-refractivity contribution in [1.29, 1.82) is 0 Å². The SMILES string of the molecule is c1ccc(-c2ccccc2-c2c(-c3ccccc3)cccc2N(c2ccc(-c3ccc4sc5ccccc5c4c3)cc2)c2ccc3c(c2)-c2ccccc2C3(c2ccccc2)c2ccccc2)cc1. The lowest BCUT2D eigenvalue weighted by molar-refractivity contribution is 0.768. The van der Waals surface area contributed by atoms with Gasteiger partial charge in [-0.2, -0.15) is 0 Å². The van der Waals surface area contributed by atoms with E-state index in [1.165, 1.54) is 98.1 Å². The molecule has 324 valence electrons. The van der Waals surface area contributed by atoms with E-state index in [1.54, 1.807) is 0 Å². The second-order valence-corrected chi connectivity index (χ2v) is 19.0. The number of hydrogen-bond donors (Lipinski definition) is 0. The number of fused-ring (bicyclic) bond motifs is 6. The summed E-state index contributed by atoms with van der Waals surface area (Å²) in [5.41, 5.74) is 19.8. The molecule has 0 amide bonds. The zero-order chi connectivity index (χ0) is 45.7. The highest BCUT2D eigenvalue weighted by Crippen LogP contribution is 2.58. The Morgan fingerprint density at radius 3 is 1.52 bits per heavy atom. The molecule has 0 saturated heterocycles. The van der Waals surface area contributed by atoms with Gasteiger partial charge in [-0.25, -0.2) is 0 Å². The number of anilines is 3. The molecular formula is C67H45NS. The van der Waals surface area contributed by atoms with Crippen LogP contribution in [0.15, 0.2) is 273 Å². The monoisotopic (exact) mass is 895 g/mol. The van der Waals surface area contributed by atoms with Crippen LogP contribution >= 0.6 is 11.3 Å². The van der Waals surface area contributed by atoms with E-state index in [0.717, 1.165) is 17.1 Å². The largest absolute Gasteiger partial charge is 0.310 e. The summed E-state index contributed by atoms with van der Waals surface area (Å²) in [5.74, 6) is 0. The summed E-state index contributed by atoms with van der Waals surface area (Å²) in [6, 6.07) is 101. The molecule has 0 radical (unpaired) electrons. The van der Waals surface area contributed by atoms with Gasteiger partial charge in [0.25, 0.3) is 0 Å². The van der Waals surface area contributed by atoms with Crippen LogP contribution in [0.3, 0.4) is 0 Å². The summed E-state index contributed by atoms with van der Waals surface area (Å²) in [4.78, 5) is 2.50. The fraction of sp³-hybridized carbons (Fsp3) is 0.0149. The molecule has 0 bridgehead atoms. The second-order valence-electron chi connectivity index (χ2n) is 17.9. The molecule has 11 aromatic carbocycles. The van der Waals surface area contributed by atoms with Crippen LogP contribution in [0.4, 0.5) is 17.1 Å². The first-order valence-electron chi connectivity index (χ1n) is 23.7. The molecule has 1 nitrogen and oxygen atoms in total. The highest BCUT2D eigenvalue weighted by Gasteiger charge is 2.46. The van der Waals surface area contributed by atoms with Gasteiger partial charge in [0.15, 0.2) is 0 Å². The third kappa shape index (κ3) is 6.75. The Bertz CT molecular complexity index is 3780. The standard InChI is InChI=1S/C67H45NS/c1-5-20-47(21-6-1)54-28-13-14-31-58(54)66-55(48-22-7-2-8-23-48)32-19-34-63(66)68(52-39-36-46(37-40-52)49-38-43-65-60(44-49)57-30-16-18-35-64(57)69-65)53-41-42-62-59(45-53)56-29-15-17-33-61(56)67(62,50-24-9-3-10-25-50)51-26-11-4-12-27-51/h1-45H. The predicted octanol–water partition coefficient (Wildman–Crippen LogP) is 18.6. The lowest BCUT2D eigenvalue weighted by Crippen LogP contribution is -2.28. The zero-order valence-corrected chi connectivity index (χ0v) is 38.7. The highest BCUT2D eigenvalue weighted by molar-refractivity contribution is 7.25. The summed E-state index contributed by atoms with van der Waals surface area (Å²) in [7, 11) is 0. The van der Waals surface area contributed by atoms with E-state index in [2.05, 4.69) is 278 Å². The highest BCUT2D eigenvalue weighted by atomic mass is 32.1. The van der Waals surface area contributed by atoms with Crippen molar-refractivity contribution in [1.82, 2.24) is 0 Å². The molecule has 0 atom stereocenters. The minimum Gasteiger partial charge on any atom is -0.310 e. The van der Waals surface area contributed by atoms with Gasteiger partial charge in [-0.3, -0.25) is 0 Å². The van der Waals surface area contributed by atoms with Gasteiger partial charge in [0, 0.05) is 37.1 Å². The summed E-state index contributed by atoms with van der Waals surface area (Å²) in [6.45, 7) is 0. The number of nitrogens with zero attached hydrogens (tertiary/aromatic N) is 1. The number of thiophene rings is 1. The smallest absolute Gasteiger partial charge is 0.0713 e. The molecule has 0 saturated carbocycles. The summed E-state index contributed by atoms with van der Waals surface area (Å²) in [6.07, 6.45) is 0. The van der Waals surface area contributed by atoms with Crippen molar-refractivity contribution < 1.29 is 0 Å². The minimum atomic E-state index is -0.499. The van der Waals surface area contributed by atoms with E-state index in [4.69, 9.17) is 0 Å². The third-order valence-corrected chi connectivity index (χ3v) is 15.3. The Labute approximate surface area is 407 Å². The molecule has 0 N–H and O–H groups in total. The van der Waals surface area contributed by atoms with Crippen LogP contribution in [0.25, 0.3) is 75.8 Å². The van der Waals surface area contributed by atoms with Crippen LogP contribution in [-0.4, -0.2) is 0 Å². The molecule has 2 heteroatoms. The van der Waals surface area contributed by atoms with Crippen LogP contribution in [0.2, 0.25) is 0 Å².